The molecule has 0 bridgehead atoms. The zero-order valence-electron chi connectivity index (χ0n) is 10.1. The Morgan fingerprint density at radius 3 is 2.56 bits per heavy atom. The first-order chi connectivity index (χ1) is 8.70. The van der Waals surface area contributed by atoms with Gasteiger partial charge >= 0.3 is 0 Å². The van der Waals surface area contributed by atoms with Crippen molar-refractivity contribution in [3.63, 3.8) is 0 Å². The molecule has 2 rings (SSSR count). The first kappa shape index (κ1) is 12.7. The highest BCUT2D eigenvalue weighted by Crippen LogP contribution is 2.15. The van der Waals surface area contributed by atoms with Crippen molar-refractivity contribution in [2.45, 2.75) is 18.9 Å². The fourth-order valence-corrected chi connectivity index (χ4v) is 1.89. The number of aromatic nitrogens is 2. The molecule has 1 atom stereocenters. The van der Waals surface area contributed by atoms with Crippen molar-refractivity contribution >= 4 is 0 Å². The predicted molar refractivity (Wildman–Crippen MR) is 65.2 cm³/mol. The maximum absolute atomic E-state index is 13.5. The van der Waals surface area contributed by atoms with E-state index in [0.717, 1.165) is 5.82 Å². The van der Waals surface area contributed by atoms with Crippen molar-refractivity contribution in [3.05, 3.63) is 53.6 Å². The minimum atomic E-state index is -0.505. The van der Waals surface area contributed by atoms with Crippen LogP contribution in [0.1, 0.15) is 11.4 Å². The minimum absolute atomic E-state index is 0.0671. The number of hydrogen-bond acceptors (Lipinski definition) is 2. The molecule has 96 valence electrons. The topological polar surface area (TPSA) is 40.7 Å². The summed E-state index contributed by atoms with van der Waals surface area (Å²) < 4.78 is 27.1. The molecule has 0 radical (unpaired) electrons. The number of benzene rings is 1. The first-order valence-corrected chi connectivity index (χ1v) is 5.79. The Hall–Kier alpha value is -1.75. The average Bonchev–Trinajstić information content (AvgIpc) is 2.85. The van der Waals surface area contributed by atoms with Crippen LogP contribution in [-0.2, 0) is 12.8 Å². The van der Waals surface area contributed by atoms with Gasteiger partial charge in [0.05, 0.1) is 0 Å². The fraction of sp³-hybridized carbons (Fsp3) is 0.308. The van der Waals surface area contributed by atoms with Gasteiger partial charge in [0.2, 0.25) is 0 Å². The molecule has 1 aromatic carbocycles. The maximum Gasteiger partial charge on any atom is 0.129 e. The lowest BCUT2D eigenvalue weighted by Crippen LogP contribution is -2.31. The summed E-state index contributed by atoms with van der Waals surface area (Å²) in [6.45, 7) is 0. The normalized spacial score (nSPS) is 12.6. The number of imidazole rings is 1. The van der Waals surface area contributed by atoms with Crippen LogP contribution in [0, 0.1) is 11.6 Å². The van der Waals surface area contributed by atoms with Crippen molar-refractivity contribution < 1.29 is 8.78 Å². The van der Waals surface area contributed by atoms with Gasteiger partial charge in [-0.05, 0) is 25.6 Å². The quantitative estimate of drug-likeness (QED) is 0.854. The summed E-state index contributed by atoms with van der Waals surface area (Å²) in [5, 5.41) is 3.05. The van der Waals surface area contributed by atoms with E-state index in [0.29, 0.717) is 6.42 Å². The van der Waals surface area contributed by atoms with Crippen molar-refractivity contribution in [2.75, 3.05) is 7.05 Å². The van der Waals surface area contributed by atoms with E-state index in [-0.39, 0.29) is 18.0 Å². The van der Waals surface area contributed by atoms with Crippen LogP contribution in [0.5, 0.6) is 0 Å². The van der Waals surface area contributed by atoms with Crippen molar-refractivity contribution in [2.24, 2.45) is 0 Å². The molecule has 2 N–H and O–H groups in total. The van der Waals surface area contributed by atoms with E-state index in [9.17, 15) is 8.78 Å². The molecule has 0 saturated heterocycles. The van der Waals surface area contributed by atoms with Crippen LogP contribution in [-0.4, -0.2) is 23.1 Å². The Balaban J connectivity index is 2.10. The van der Waals surface area contributed by atoms with Gasteiger partial charge < -0.3 is 10.3 Å². The zero-order chi connectivity index (χ0) is 13.0. The average molecular weight is 251 g/mol. The predicted octanol–water partition coefficient (Wildman–Crippen LogP) is 2.06. The van der Waals surface area contributed by atoms with Crippen LogP contribution in [0.3, 0.4) is 0 Å². The summed E-state index contributed by atoms with van der Waals surface area (Å²) in [6, 6.07) is 3.85. The number of aromatic amines is 1. The maximum atomic E-state index is 13.5. The van der Waals surface area contributed by atoms with Crippen molar-refractivity contribution in [1.29, 1.82) is 0 Å². The third-order valence-electron chi connectivity index (χ3n) is 2.92. The molecule has 5 heteroatoms. The molecule has 0 amide bonds. The van der Waals surface area contributed by atoms with Crippen LogP contribution in [0.2, 0.25) is 0 Å². The molecule has 3 nitrogen and oxygen atoms in total. The molecular formula is C13H15F2N3. The van der Waals surface area contributed by atoms with Gasteiger partial charge in [-0.1, -0.05) is 6.07 Å². The third kappa shape index (κ3) is 2.92. The van der Waals surface area contributed by atoms with Gasteiger partial charge in [0.15, 0.2) is 0 Å². The molecule has 1 unspecified atom stereocenters. The van der Waals surface area contributed by atoms with Crippen LogP contribution in [0.25, 0.3) is 0 Å². The zero-order valence-corrected chi connectivity index (χ0v) is 10.1. The molecule has 1 heterocycles. The highest BCUT2D eigenvalue weighted by molar-refractivity contribution is 5.21. The SMILES string of the molecule is CNC(Cc1ncc[nH]1)Cc1c(F)cccc1F. The Labute approximate surface area is 104 Å². The Kier molecular flexibility index (Phi) is 4.04. The Morgan fingerprint density at radius 1 is 1.28 bits per heavy atom. The molecular weight excluding hydrogens is 236 g/mol. The fourth-order valence-electron chi connectivity index (χ4n) is 1.89. The molecule has 2 aromatic rings. The molecule has 1 aromatic heterocycles. The van der Waals surface area contributed by atoms with E-state index in [4.69, 9.17) is 0 Å². The summed E-state index contributed by atoms with van der Waals surface area (Å²) in [5.74, 6) is -0.213. The minimum Gasteiger partial charge on any atom is -0.349 e. The molecule has 0 fully saturated rings. The number of nitrogens with one attached hydrogen (secondary N) is 2. The van der Waals surface area contributed by atoms with E-state index in [1.54, 1.807) is 19.4 Å². The number of halogens is 2. The van der Waals surface area contributed by atoms with Crippen molar-refractivity contribution in [1.82, 2.24) is 15.3 Å². The van der Waals surface area contributed by atoms with Gasteiger partial charge in [0.25, 0.3) is 0 Å². The van der Waals surface area contributed by atoms with E-state index >= 15 is 0 Å². The van der Waals surface area contributed by atoms with Gasteiger partial charge in [-0.3, -0.25) is 0 Å². The second kappa shape index (κ2) is 5.73. The van der Waals surface area contributed by atoms with Crippen LogP contribution in [0.4, 0.5) is 8.78 Å². The van der Waals surface area contributed by atoms with Gasteiger partial charge in [-0.15, -0.1) is 0 Å². The van der Waals surface area contributed by atoms with Crippen molar-refractivity contribution in [3.8, 4) is 0 Å². The smallest absolute Gasteiger partial charge is 0.129 e. The summed E-state index contributed by atoms with van der Waals surface area (Å²) >= 11 is 0. The van der Waals surface area contributed by atoms with Gasteiger partial charge in [-0.2, -0.15) is 0 Å². The summed E-state index contributed by atoms with van der Waals surface area (Å²) in [5.41, 5.74) is 0.114. The van der Waals surface area contributed by atoms with Gasteiger partial charge in [0, 0.05) is 30.4 Å². The highest BCUT2D eigenvalue weighted by atomic mass is 19.1. The molecule has 0 aliphatic rings. The number of H-pyrrole nitrogens is 1. The number of hydrogen-bond donors (Lipinski definition) is 2. The highest BCUT2D eigenvalue weighted by Gasteiger charge is 2.15. The molecule has 0 spiro atoms. The van der Waals surface area contributed by atoms with Gasteiger partial charge in [0.1, 0.15) is 17.5 Å². The van der Waals surface area contributed by atoms with Crippen LogP contribution < -0.4 is 5.32 Å². The Morgan fingerprint density at radius 2 is 2.00 bits per heavy atom. The number of likely N-dealkylation sites (N-methyl/N-ethyl adjacent to an activating group) is 1. The monoisotopic (exact) mass is 251 g/mol. The second-order valence-corrected chi connectivity index (χ2v) is 4.13. The molecule has 0 aliphatic heterocycles. The van der Waals surface area contributed by atoms with Crippen LogP contribution >= 0.6 is 0 Å². The molecule has 0 aliphatic carbocycles. The lowest BCUT2D eigenvalue weighted by molar-refractivity contribution is 0.497. The third-order valence-corrected chi connectivity index (χ3v) is 2.92. The van der Waals surface area contributed by atoms with E-state index in [1.807, 2.05) is 0 Å². The van der Waals surface area contributed by atoms with Gasteiger partial charge in [-0.25, -0.2) is 13.8 Å². The second-order valence-electron chi connectivity index (χ2n) is 4.13. The van der Waals surface area contributed by atoms with Crippen LogP contribution in [0.15, 0.2) is 30.6 Å². The van der Waals surface area contributed by atoms with E-state index in [1.165, 1.54) is 18.2 Å². The first-order valence-electron chi connectivity index (χ1n) is 5.79. The summed E-state index contributed by atoms with van der Waals surface area (Å²) in [7, 11) is 1.77. The number of rotatable bonds is 5. The summed E-state index contributed by atoms with van der Waals surface area (Å²) in [4.78, 5) is 7.09. The van der Waals surface area contributed by atoms with E-state index < -0.39 is 11.6 Å². The lowest BCUT2D eigenvalue weighted by atomic mass is 10.0. The van der Waals surface area contributed by atoms with E-state index in [2.05, 4.69) is 15.3 Å². The number of nitrogens with zero attached hydrogens (tertiary/aromatic N) is 1. The molecule has 18 heavy (non-hydrogen) atoms. The summed E-state index contributed by atoms with van der Waals surface area (Å²) in [6.07, 6.45) is 4.27. The largest absolute Gasteiger partial charge is 0.349 e. The lowest BCUT2D eigenvalue weighted by Gasteiger charge is -2.15. The molecule has 0 saturated carbocycles. The standard InChI is InChI=1S/C13H15F2N3/c1-16-9(8-13-17-5-6-18-13)7-10-11(14)3-2-4-12(10)15/h2-6,9,16H,7-8H2,1H3,(H,17,18). The Bertz CT molecular complexity index is 477.